The quantitative estimate of drug-likeness (QED) is 0.0569. The number of para-hydroxylation sites is 1. The van der Waals surface area contributed by atoms with Gasteiger partial charge in [0.05, 0.1) is 10.1 Å². The molecule has 0 atom stereocenters. The van der Waals surface area contributed by atoms with Crippen molar-refractivity contribution < 1.29 is 50.5 Å². The SMILES string of the molecule is CS(=O)(=O)[O-].Nc1ccccc1-c1[c-]cccc1.[Fe].[Pd+2].c1ccc(P(c2ccccc2)C2CCCC2)cc1.c1ccc(P(c2ccccc2)C2CCCC2)cc1. The topological polar surface area (TPSA) is 83.2 Å². The zero-order chi connectivity index (χ0) is 38.0. The smallest absolute Gasteiger partial charge is 0.748 e. The van der Waals surface area contributed by atoms with Crippen LogP contribution in [0.2, 0.25) is 0 Å². The van der Waals surface area contributed by atoms with Crippen LogP contribution in [0.5, 0.6) is 0 Å². The first-order valence-corrected chi connectivity index (χ1v) is 23.4. The minimum absolute atomic E-state index is 0. The Morgan fingerprint density at radius 2 is 0.839 bits per heavy atom. The van der Waals surface area contributed by atoms with Gasteiger partial charge in [-0.05, 0) is 85.8 Å². The summed E-state index contributed by atoms with van der Waals surface area (Å²) < 4.78 is 27.2. The van der Waals surface area contributed by atoms with Gasteiger partial charge in [0.15, 0.2) is 0 Å². The van der Waals surface area contributed by atoms with Gasteiger partial charge in [-0.15, -0.1) is 35.9 Å². The van der Waals surface area contributed by atoms with Crippen LogP contribution in [-0.2, 0) is 47.6 Å². The molecule has 0 heterocycles. The standard InChI is InChI=1S/2C17H19P.C12H10N.CH4O3S.Fe.Pd/c2*1-3-9-15(10-4-1)18(17-13-7-8-14-17)16-11-5-2-6-12-16;13-12-9-5-4-8-11(12)10-6-2-1-3-7-10;1-5(2,3)4;;/h2*1-6,9-12,17H,7-8,13-14H2;1-6,8-9H,13H2;1H3,(H,2,3,4);;/q;;-1;;;+2/p-1. The van der Waals surface area contributed by atoms with Crippen LogP contribution >= 0.6 is 15.8 Å². The Bertz CT molecular complexity index is 1860. The van der Waals surface area contributed by atoms with E-state index in [1.54, 1.807) is 21.2 Å². The zero-order valence-corrected chi connectivity index (χ0v) is 37.0. The molecule has 8 rings (SSSR count). The van der Waals surface area contributed by atoms with Crippen molar-refractivity contribution in [3.05, 3.63) is 176 Å². The van der Waals surface area contributed by atoms with Crippen molar-refractivity contribution in [3.8, 4) is 11.1 Å². The van der Waals surface area contributed by atoms with Gasteiger partial charge < -0.3 is 10.3 Å². The molecule has 0 aromatic heterocycles. The van der Waals surface area contributed by atoms with Crippen LogP contribution in [0.25, 0.3) is 11.1 Å². The molecule has 0 amide bonds. The van der Waals surface area contributed by atoms with Gasteiger partial charge in [-0.25, -0.2) is 8.42 Å². The van der Waals surface area contributed by atoms with Gasteiger partial charge in [0.25, 0.3) is 0 Å². The Labute approximate surface area is 362 Å². The van der Waals surface area contributed by atoms with Crippen LogP contribution in [0, 0.1) is 6.07 Å². The molecule has 0 bridgehead atoms. The molecule has 296 valence electrons. The Balaban J connectivity index is 0.000000211. The molecule has 0 aliphatic heterocycles. The minimum atomic E-state index is -3.92. The Morgan fingerprint density at radius 3 is 1.14 bits per heavy atom. The normalized spacial score (nSPS) is 13.8. The minimum Gasteiger partial charge on any atom is -0.748 e. The summed E-state index contributed by atoms with van der Waals surface area (Å²) in [6.07, 6.45) is 11.9. The van der Waals surface area contributed by atoms with Crippen molar-refractivity contribution in [1.82, 2.24) is 0 Å². The van der Waals surface area contributed by atoms with Crippen molar-refractivity contribution in [1.29, 1.82) is 0 Å². The van der Waals surface area contributed by atoms with Gasteiger partial charge in [0.1, 0.15) is 0 Å². The average Bonchev–Trinajstić information content (AvgIpc) is 3.94. The predicted molar refractivity (Wildman–Crippen MR) is 233 cm³/mol. The summed E-state index contributed by atoms with van der Waals surface area (Å²) in [5, 5.41) is 6.19. The van der Waals surface area contributed by atoms with Gasteiger partial charge in [0, 0.05) is 23.3 Å². The van der Waals surface area contributed by atoms with Crippen LogP contribution in [0.3, 0.4) is 0 Å². The molecule has 0 radical (unpaired) electrons. The second-order valence-electron chi connectivity index (χ2n) is 13.5. The van der Waals surface area contributed by atoms with Gasteiger partial charge in [-0.3, -0.25) is 0 Å². The van der Waals surface area contributed by atoms with Crippen LogP contribution < -0.4 is 27.0 Å². The number of benzene rings is 6. The predicted octanol–water partition coefficient (Wildman–Crippen LogP) is 10.0. The molecule has 56 heavy (non-hydrogen) atoms. The van der Waals surface area contributed by atoms with Crippen molar-refractivity contribution >= 4 is 52.9 Å². The summed E-state index contributed by atoms with van der Waals surface area (Å²) in [6.45, 7) is 0. The maximum Gasteiger partial charge on any atom is 2.00 e. The van der Waals surface area contributed by atoms with Crippen LogP contribution in [0.4, 0.5) is 5.69 Å². The third-order valence-corrected chi connectivity index (χ3v) is 15.4. The van der Waals surface area contributed by atoms with Crippen LogP contribution in [-0.4, -0.2) is 30.5 Å². The fourth-order valence-corrected chi connectivity index (χ4v) is 13.1. The summed E-state index contributed by atoms with van der Waals surface area (Å²) in [6, 6.07) is 63.3. The summed E-state index contributed by atoms with van der Waals surface area (Å²) in [7, 11) is -4.22. The Hall–Kier alpha value is -2.93. The molecule has 0 spiro atoms. The van der Waals surface area contributed by atoms with E-state index in [1.165, 1.54) is 51.4 Å². The summed E-state index contributed by atoms with van der Waals surface area (Å²) >= 11 is 0. The monoisotopic (exact) mass is 933 g/mol. The van der Waals surface area contributed by atoms with Crippen LogP contribution in [0.1, 0.15) is 51.4 Å². The van der Waals surface area contributed by atoms with E-state index < -0.39 is 10.1 Å². The van der Waals surface area contributed by atoms with Crippen molar-refractivity contribution in [2.45, 2.75) is 62.7 Å². The van der Waals surface area contributed by atoms with Crippen LogP contribution in [0.15, 0.2) is 170 Å². The fourth-order valence-electron chi connectivity index (χ4n) is 7.12. The van der Waals surface area contributed by atoms with Crippen molar-refractivity contribution in [3.63, 3.8) is 0 Å². The molecule has 2 N–H and O–H groups in total. The number of hydrogen-bond acceptors (Lipinski definition) is 4. The first-order valence-electron chi connectivity index (χ1n) is 18.8. The second-order valence-corrected chi connectivity index (χ2v) is 19.9. The third kappa shape index (κ3) is 15.8. The van der Waals surface area contributed by atoms with Crippen molar-refractivity contribution in [2.24, 2.45) is 0 Å². The van der Waals surface area contributed by atoms with E-state index in [9.17, 15) is 0 Å². The first-order chi connectivity index (χ1) is 26.3. The van der Waals surface area contributed by atoms with E-state index in [4.69, 9.17) is 18.7 Å². The molecule has 9 heteroatoms. The molecule has 6 aromatic rings. The number of hydrogen-bond donors (Lipinski definition) is 1. The second kappa shape index (κ2) is 25.4. The van der Waals surface area contributed by atoms with E-state index >= 15 is 0 Å². The fraction of sp³-hybridized carbons (Fsp3) is 0.234. The van der Waals surface area contributed by atoms with Gasteiger partial charge in [-0.1, -0.05) is 171 Å². The Kier molecular flexibility index (Phi) is 21.6. The molecule has 2 saturated carbocycles. The van der Waals surface area contributed by atoms with Gasteiger partial charge in [0.2, 0.25) is 0 Å². The van der Waals surface area contributed by atoms with E-state index in [0.29, 0.717) is 6.26 Å². The number of nitrogen functional groups attached to an aromatic ring is 1. The van der Waals surface area contributed by atoms with E-state index in [-0.39, 0.29) is 53.3 Å². The zero-order valence-electron chi connectivity index (χ0n) is 31.8. The van der Waals surface area contributed by atoms with Gasteiger partial charge in [-0.2, -0.15) is 0 Å². The molecular formula is C47H51FeNO3P2PdS. The molecule has 2 aliphatic carbocycles. The molecule has 0 saturated heterocycles. The third-order valence-electron chi connectivity index (χ3n) is 9.48. The average molecular weight is 934 g/mol. The number of nitrogens with two attached hydrogens (primary N) is 1. The molecule has 4 nitrogen and oxygen atoms in total. The molecule has 6 aromatic carbocycles. The summed E-state index contributed by atoms with van der Waals surface area (Å²) in [5.41, 5.74) is 10.5. The maximum absolute atomic E-state index is 9.08. The van der Waals surface area contributed by atoms with Crippen molar-refractivity contribution in [2.75, 3.05) is 12.0 Å². The maximum atomic E-state index is 9.08. The molecular weight excluding hydrogens is 883 g/mol. The summed E-state index contributed by atoms with van der Waals surface area (Å²) in [5.74, 6) is 0. The van der Waals surface area contributed by atoms with E-state index in [2.05, 4.69) is 127 Å². The van der Waals surface area contributed by atoms with E-state index in [0.717, 1.165) is 28.1 Å². The van der Waals surface area contributed by atoms with Gasteiger partial charge >= 0.3 is 20.4 Å². The molecule has 2 fully saturated rings. The largest absolute Gasteiger partial charge is 2.00 e. The Morgan fingerprint density at radius 1 is 0.536 bits per heavy atom. The molecule has 2 aliphatic rings. The van der Waals surface area contributed by atoms with E-state index in [1.807, 2.05) is 48.5 Å². The number of anilines is 1. The summed E-state index contributed by atoms with van der Waals surface area (Å²) in [4.78, 5) is 0. The molecule has 0 unspecified atom stereocenters. The number of rotatable bonds is 7. The first kappa shape index (κ1) is 47.4.